The van der Waals surface area contributed by atoms with Gasteiger partial charge in [0.05, 0.1) is 11.6 Å². The van der Waals surface area contributed by atoms with Crippen molar-refractivity contribution in [1.82, 2.24) is 4.90 Å². The third-order valence-corrected chi connectivity index (χ3v) is 7.26. The minimum atomic E-state index is -2.62. The highest BCUT2D eigenvalue weighted by Crippen LogP contribution is 2.53. The first-order valence-corrected chi connectivity index (χ1v) is 10.8. The van der Waals surface area contributed by atoms with E-state index in [1.165, 1.54) is 11.0 Å². The first-order chi connectivity index (χ1) is 15.3. The van der Waals surface area contributed by atoms with E-state index in [-0.39, 0.29) is 29.2 Å². The Labute approximate surface area is 190 Å². The molecule has 4 rings (SSSR count). The number of nitrogens with two attached hydrogens (primary N) is 1. The van der Waals surface area contributed by atoms with Crippen LogP contribution >= 0.6 is 0 Å². The molecule has 0 aromatic heterocycles. The molecule has 1 amide bonds. The van der Waals surface area contributed by atoms with E-state index >= 15 is 0 Å². The van der Waals surface area contributed by atoms with Gasteiger partial charge in [-0.3, -0.25) is 19.3 Å². The first-order valence-electron chi connectivity index (χ1n) is 10.8. The summed E-state index contributed by atoms with van der Waals surface area (Å²) < 4.78 is 0. The molecule has 0 aliphatic heterocycles. The number of fused-ring (bicyclic) bond motifs is 3. The van der Waals surface area contributed by atoms with Crippen molar-refractivity contribution in [2.45, 2.75) is 44.2 Å². The van der Waals surface area contributed by atoms with Crippen LogP contribution in [0.5, 0.6) is 5.75 Å². The van der Waals surface area contributed by atoms with Gasteiger partial charge in [0.2, 0.25) is 5.78 Å². The summed E-state index contributed by atoms with van der Waals surface area (Å²) in [5, 5.41) is 44.0. The fraction of sp³-hybridized carbons (Fsp3) is 0.458. The van der Waals surface area contributed by atoms with Crippen molar-refractivity contribution >= 4 is 23.2 Å². The molecule has 3 aliphatic rings. The summed E-state index contributed by atoms with van der Waals surface area (Å²) in [6.45, 7) is 3.95. The molecule has 0 unspecified atom stereocenters. The highest BCUT2D eigenvalue weighted by Gasteiger charge is 2.64. The zero-order chi connectivity index (χ0) is 24.6. The number of hydrogen-bond donors (Lipinski definition) is 5. The fourth-order valence-corrected chi connectivity index (χ4v) is 5.81. The van der Waals surface area contributed by atoms with Gasteiger partial charge in [-0.2, -0.15) is 0 Å². The van der Waals surface area contributed by atoms with E-state index in [0.29, 0.717) is 12.0 Å². The summed E-state index contributed by atoms with van der Waals surface area (Å²) in [5.41, 5.74) is 3.47. The molecular formula is C24H28N2O7. The van der Waals surface area contributed by atoms with Gasteiger partial charge in [0.25, 0.3) is 5.91 Å². The van der Waals surface area contributed by atoms with Gasteiger partial charge in [-0.25, -0.2) is 0 Å². The van der Waals surface area contributed by atoms with Gasteiger partial charge in [0, 0.05) is 11.5 Å². The van der Waals surface area contributed by atoms with Crippen molar-refractivity contribution in [3.05, 3.63) is 45.7 Å². The number of benzene rings is 1. The molecule has 9 heteroatoms. The predicted molar refractivity (Wildman–Crippen MR) is 118 cm³/mol. The Hall–Kier alpha value is -3.17. The summed E-state index contributed by atoms with van der Waals surface area (Å²) in [5.74, 6) is -6.33. The van der Waals surface area contributed by atoms with Crippen LogP contribution in [-0.4, -0.2) is 68.5 Å². The van der Waals surface area contributed by atoms with Crippen molar-refractivity contribution in [1.29, 1.82) is 0 Å². The number of hydrogen-bond acceptors (Lipinski definition) is 8. The molecular weight excluding hydrogens is 428 g/mol. The second-order valence-electron chi connectivity index (χ2n) is 9.64. The molecule has 6 N–H and O–H groups in total. The van der Waals surface area contributed by atoms with Crippen molar-refractivity contribution in [3.8, 4) is 5.75 Å². The number of nitrogens with zero attached hydrogens (tertiary/aromatic N) is 1. The van der Waals surface area contributed by atoms with Crippen molar-refractivity contribution < 1.29 is 34.8 Å². The number of rotatable bonds is 3. The number of aliphatic hydroxyl groups excluding tert-OH is 2. The lowest BCUT2D eigenvalue weighted by Crippen LogP contribution is -2.65. The molecule has 33 heavy (non-hydrogen) atoms. The molecule has 1 fully saturated rings. The summed E-state index contributed by atoms with van der Waals surface area (Å²) in [6.07, 6.45) is 0.384. The van der Waals surface area contributed by atoms with E-state index in [1.807, 2.05) is 13.8 Å². The molecule has 1 aromatic carbocycles. The van der Waals surface area contributed by atoms with Crippen molar-refractivity contribution in [2.75, 3.05) is 14.1 Å². The van der Waals surface area contributed by atoms with E-state index in [0.717, 1.165) is 5.56 Å². The van der Waals surface area contributed by atoms with Gasteiger partial charge in [-0.1, -0.05) is 19.9 Å². The lowest BCUT2D eigenvalue weighted by atomic mass is 9.57. The third kappa shape index (κ3) is 2.95. The number of Topliss-reactive ketones (excluding diaryl/α,β-unsaturated/α-hetero) is 2. The number of primary amides is 1. The number of carbonyl (C=O) groups is 3. The molecule has 1 saturated carbocycles. The van der Waals surface area contributed by atoms with Crippen molar-refractivity contribution in [2.24, 2.45) is 17.6 Å². The Morgan fingerprint density at radius 1 is 1.18 bits per heavy atom. The summed E-state index contributed by atoms with van der Waals surface area (Å²) >= 11 is 0. The number of phenols is 1. The minimum Gasteiger partial charge on any atom is -0.508 e. The smallest absolute Gasteiger partial charge is 0.255 e. The molecule has 3 aliphatic carbocycles. The fourth-order valence-electron chi connectivity index (χ4n) is 5.81. The first kappa shape index (κ1) is 23.0. The maximum Gasteiger partial charge on any atom is 0.255 e. The quantitative estimate of drug-likeness (QED) is 0.422. The maximum atomic E-state index is 13.7. The molecule has 0 spiro atoms. The largest absolute Gasteiger partial charge is 0.508 e. The second-order valence-corrected chi connectivity index (χ2v) is 9.64. The Balaban J connectivity index is 1.99. The van der Waals surface area contributed by atoms with Crippen LogP contribution in [0.15, 0.2) is 29.0 Å². The van der Waals surface area contributed by atoms with Crippen LogP contribution in [0.3, 0.4) is 0 Å². The number of ketones is 2. The maximum absolute atomic E-state index is 13.7. The Bertz CT molecular complexity index is 1160. The Kier molecular flexibility index (Phi) is 5.18. The highest BCUT2D eigenvalue weighted by atomic mass is 16.3. The average molecular weight is 456 g/mol. The van der Waals surface area contributed by atoms with Crippen LogP contribution in [0.1, 0.15) is 42.9 Å². The van der Waals surface area contributed by atoms with Crippen LogP contribution in [-0.2, 0) is 20.8 Å². The predicted octanol–water partition coefficient (Wildman–Crippen LogP) is 1.09. The van der Waals surface area contributed by atoms with Crippen LogP contribution in [0, 0.1) is 11.8 Å². The molecule has 0 radical (unpaired) electrons. The lowest BCUT2D eigenvalue weighted by molar-refractivity contribution is -0.153. The zero-order valence-corrected chi connectivity index (χ0v) is 18.9. The standard InChI is InChI=1S/C24H28N2O7/c1-9(2)11-5-6-14(27)16-12(11)7-10-8-13-18(26(3)4)20(29)17(23(25)32)22(31)24(13,33)21(30)15(10)19(16)28/h5-6,9-10,13,18,27-28,31,33H,7-8H2,1-4H3,(H2,25,32)/t10-,13-,18+,24-/m0/s1. The molecule has 9 nitrogen and oxygen atoms in total. The topological polar surface area (TPSA) is 161 Å². The molecule has 176 valence electrons. The molecule has 1 aromatic rings. The SMILES string of the molecule is CC(C)c1ccc(O)c2c1C[C@H]1C[C@H]3[C@@H](N(C)C)C(=O)C(C(N)=O)=C(O)[C@@]3(O)C(=O)C1=C2O. The van der Waals surface area contributed by atoms with E-state index in [4.69, 9.17) is 5.73 Å². The van der Waals surface area contributed by atoms with Crippen LogP contribution in [0.25, 0.3) is 5.76 Å². The van der Waals surface area contributed by atoms with E-state index in [2.05, 4.69) is 0 Å². The number of aliphatic hydroxyl groups is 3. The van der Waals surface area contributed by atoms with Gasteiger partial charge in [0.15, 0.2) is 11.4 Å². The van der Waals surface area contributed by atoms with Crippen LogP contribution in [0.2, 0.25) is 0 Å². The second kappa shape index (κ2) is 7.43. The van der Waals surface area contributed by atoms with E-state index in [9.17, 15) is 34.8 Å². The van der Waals surface area contributed by atoms with Gasteiger partial charge in [-0.15, -0.1) is 0 Å². The minimum absolute atomic E-state index is 0.0823. The number of aromatic hydroxyl groups is 1. The van der Waals surface area contributed by atoms with E-state index in [1.54, 1.807) is 20.2 Å². The molecule has 0 saturated heterocycles. The Morgan fingerprint density at radius 2 is 1.82 bits per heavy atom. The van der Waals surface area contributed by atoms with Crippen LogP contribution in [0.4, 0.5) is 0 Å². The number of likely N-dealkylation sites (N-methyl/N-ethyl adjacent to an activating group) is 1. The third-order valence-electron chi connectivity index (χ3n) is 7.26. The van der Waals surface area contributed by atoms with Crippen molar-refractivity contribution in [3.63, 3.8) is 0 Å². The molecule has 0 heterocycles. The van der Waals surface area contributed by atoms with Gasteiger partial charge in [-0.05, 0) is 56.0 Å². The summed E-state index contributed by atoms with van der Waals surface area (Å²) in [4.78, 5) is 40.2. The van der Waals surface area contributed by atoms with E-state index < -0.39 is 58.0 Å². The number of amides is 1. The normalized spacial score (nSPS) is 29.4. The zero-order valence-electron chi connectivity index (χ0n) is 18.9. The number of carbonyl (C=O) groups excluding carboxylic acids is 3. The number of phenolic OH excluding ortho intramolecular Hbond substituents is 1. The van der Waals surface area contributed by atoms with Gasteiger partial charge >= 0.3 is 0 Å². The Morgan fingerprint density at radius 3 is 2.36 bits per heavy atom. The van der Waals surface area contributed by atoms with Gasteiger partial charge in [0.1, 0.15) is 22.8 Å². The average Bonchev–Trinajstić information content (AvgIpc) is 2.70. The molecule has 4 atom stereocenters. The monoisotopic (exact) mass is 456 g/mol. The van der Waals surface area contributed by atoms with Crippen LogP contribution < -0.4 is 5.73 Å². The summed E-state index contributed by atoms with van der Waals surface area (Å²) in [7, 11) is 3.14. The lowest BCUT2D eigenvalue weighted by Gasteiger charge is -2.50. The molecule has 0 bridgehead atoms. The summed E-state index contributed by atoms with van der Waals surface area (Å²) in [6, 6.07) is 2.13. The highest BCUT2D eigenvalue weighted by molar-refractivity contribution is 6.24. The van der Waals surface area contributed by atoms with Gasteiger partial charge < -0.3 is 26.2 Å².